The van der Waals surface area contributed by atoms with Crippen LogP contribution in [0.15, 0.2) is 0 Å². The summed E-state index contributed by atoms with van der Waals surface area (Å²) in [6.45, 7) is 11.2. The number of hydrogen-bond acceptors (Lipinski definition) is 4. The number of sulfone groups is 1. The summed E-state index contributed by atoms with van der Waals surface area (Å²) in [5.74, 6) is 1.23. The summed E-state index contributed by atoms with van der Waals surface area (Å²) in [4.78, 5) is 2.40. The van der Waals surface area contributed by atoms with Gasteiger partial charge in [0.2, 0.25) is 0 Å². The molecular weight excluding hydrogens is 272 g/mol. The topological polar surface area (TPSA) is 49.4 Å². The third kappa shape index (κ3) is 5.70. The molecule has 0 aliphatic carbocycles. The minimum absolute atomic E-state index is 0.311. The van der Waals surface area contributed by atoms with E-state index in [-0.39, 0.29) is 0 Å². The van der Waals surface area contributed by atoms with Crippen LogP contribution < -0.4 is 5.32 Å². The van der Waals surface area contributed by atoms with Crippen LogP contribution in [0, 0.1) is 5.92 Å². The van der Waals surface area contributed by atoms with Crippen molar-refractivity contribution in [2.24, 2.45) is 5.92 Å². The predicted octanol–water partition coefficient (Wildman–Crippen LogP) is 1.91. The van der Waals surface area contributed by atoms with Crippen LogP contribution >= 0.6 is 0 Å². The van der Waals surface area contributed by atoms with Gasteiger partial charge in [0, 0.05) is 37.5 Å². The molecule has 0 radical (unpaired) electrons. The van der Waals surface area contributed by atoms with Crippen molar-refractivity contribution in [1.82, 2.24) is 10.2 Å². The molecule has 0 saturated carbocycles. The Morgan fingerprint density at radius 2 is 1.90 bits per heavy atom. The second-order valence-corrected chi connectivity index (χ2v) is 8.65. The molecule has 0 bridgehead atoms. The van der Waals surface area contributed by atoms with Crippen molar-refractivity contribution in [3.63, 3.8) is 0 Å². The maximum atomic E-state index is 11.9. The maximum Gasteiger partial charge on any atom is 0.151 e. The molecule has 0 aromatic rings. The van der Waals surface area contributed by atoms with Gasteiger partial charge < -0.3 is 5.32 Å². The van der Waals surface area contributed by atoms with E-state index >= 15 is 0 Å². The van der Waals surface area contributed by atoms with Gasteiger partial charge in [0.1, 0.15) is 0 Å². The lowest BCUT2D eigenvalue weighted by molar-refractivity contribution is 0.114. The van der Waals surface area contributed by atoms with E-state index in [9.17, 15) is 8.42 Å². The van der Waals surface area contributed by atoms with E-state index in [0.717, 1.165) is 32.4 Å². The average Bonchev–Trinajstić information content (AvgIpc) is 2.37. The lowest BCUT2D eigenvalue weighted by Crippen LogP contribution is -2.58. The third-order valence-corrected chi connectivity index (χ3v) is 6.03. The van der Waals surface area contributed by atoms with Gasteiger partial charge in [-0.3, -0.25) is 4.90 Å². The lowest BCUT2D eigenvalue weighted by atomic mass is 9.98. The van der Waals surface area contributed by atoms with Crippen LogP contribution in [0.5, 0.6) is 0 Å². The van der Waals surface area contributed by atoms with Crippen LogP contribution in [0.1, 0.15) is 47.0 Å². The number of nitrogens with zero attached hydrogens (tertiary/aromatic N) is 1. The summed E-state index contributed by atoms with van der Waals surface area (Å²) in [7, 11) is -2.87. The molecular formula is C15H32N2O2S. The second-order valence-electron chi connectivity index (χ2n) is 6.35. The second kappa shape index (κ2) is 8.35. The van der Waals surface area contributed by atoms with Gasteiger partial charge in [-0.2, -0.15) is 0 Å². The van der Waals surface area contributed by atoms with Crippen molar-refractivity contribution in [1.29, 1.82) is 0 Å². The van der Waals surface area contributed by atoms with Crippen LogP contribution in [0.4, 0.5) is 0 Å². The molecule has 120 valence electrons. The molecule has 20 heavy (non-hydrogen) atoms. The number of hydrogen-bond donors (Lipinski definition) is 1. The first-order chi connectivity index (χ1) is 9.39. The van der Waals surface area contributed by atoms with Gasteiger partial charge in [0.15, 0.2) is 9.84 Å². The first-order valence-electron chi connectivity index (χ1n) is 8.07. The quantitative estimate of drug-likeness (QED) is 0.744. The zero-order chi connectivity index (χ0) is 15.2. The predicted molar refractivity (Wildman–Crippen MR) is 85.8 cm³/mol. The molecule has 2 atom stereocenters. The first-order valence-corrected chi connectivity index (χ1v) is 9.89. The Labute approximate surface area is 125 Å². The van der Waals surface area contributed by atoms with Gasteiger partial charge in [-0.05, 0) is 18.8 Å². The van der Waals surface area contributed by atoms with E-state index < -0.39 is 9.84 Å². The zero-order valence-corrected chi connectivity index (χ0v) is 14.4. The molecule has 2 unspecified atom stereocenters. The summed E-state index contributed by atoms with van der Waals surface area (Å²) in [6.07, 6.45) is 3.01. The van der Waals surface area contributed by atoms with Gasteiger partial charge in [0.25, 0.3) is 0 Å². The van der Waals surface area contributed by atoms with E-state index in [1.165, 1.54) is 0 Å². The van der Waals surface area contributed by atoms with Crippen LogP contribution in [-0.4, -0.2) is 56.5 Å². The number of nitrogens with one attached hydrogen (secondary N) is 1. The molecule has 1 aliphatic heterocycles. The van der Waals surface area contributed by atoms with E-state index in [1.54, 1.807) is 0 Å². The number of rotatable bonds is 8. The Balaban J connectivity index is 2.60. The van der Waals surface area contributed by atoms with Gasteiger partial charge in [-0.25, -0.2) is 8.42 Å². The summed E-state index contributed by atoms with van der Waals surface area (Å²) < 4.78 is 23.8. The van der Waals surface area contributed by atoms with Crippen molar-refractivity contribution in [2.45, 2.75) is 59.0 Å². The van der Waals surface area contributed by atoms with E-state index in [1.807, 2.05) is 6.92 Å². The summed E-state index contributed by atoms with van der Waals surface area (Å²) >= 11 is 0. The Morgan fingerprint density at radius 3 is 2.45 bits per heavy atom. The van der Waals surface area contributed by atoms with E-state index in [4.69, 9.17) is 0 Å². The normalized spacial score (nSPS) is 25.2. The summed E-state index contributed by atoms with van der Waals surface area (Å²) in [5.41, 5.74) is 0. The molecule has 4 nitrogen and oxygen atoms in total. The summed E-state index contributed by atoms with van der Waals surface area (Å²) in [6, 6.07) is 0.976. The van der Waals surface area contributed by atoms with Crippen molar-refractivity contribution in [3.8, 4) is 0 Å². The van der Waals surface area contributed by atoms with Gasteiger partial charge in [-0.15, -0.1) is 0 Å². The third-order valence-electron chi connectivity index (χ3n) is 4.19. The standard InChI is InChI=1S/C15H32N2O2S/c1-5-7-14-11-16-15(13(3)4)12-17(14)8-10-20(18,19)9-6-2/h13-16H,5-12H2,1-4H3. The minimum atomic E-state index is -2.87. The van der Waals surface area contributed by atoms with Crippen LogP contribution in [0.2, 0.25) is 0 Å². The van der Waals surface area contributed by atoms with E-state index in [0.29, 0.717) is 36.1 Å². The average molecular weight is 305 g/mol. The fourth-order valence-electron chi connectivity index (χ4n) is 2.89. The highest BCUT2D eigenvalue weighted by molar-refractivity contribution is 7.91. The Kier molecular flexibility index (Phi) is 7.48. The van der Waals surface area contributed by atoms with Crippen molar-refractivity contribution >= 4 is 9.84 Å². The molecule has 1 fully saturated rings. The van der Waals surface area contributed by atoms with Crippen LogP contribution in [0.3, 0.4) is 0 Å². The van der Waals surface area contributed by atoms with Crippen molar-refractivity contribution < 1.29 is 8.42 Å². The molecule has 1 aliphatic rings. The molecule has 0 aromatic heterocycles. The monoisotopic (exact) mass is 304 g/mol. The van der Waals surface area contributed by atoms with Crippen molar-refractivity contribution in [2.75, 3.05) is 31.1 Å². The molecule has 5 heteroatoms. The van der Waals surface area contributed by atoms with Crippen molar-refractivity contribution in [3.05, 3.63) is 0 Å². The largest absolute Gasteiger partial charge is 0.311 e. The van der Waals surface area contributed by atoms with Crippen LogP contribution in [-0.2, 0) is 9.84 Å². The molecule has 0 amide bonds. The number of piperazine rings is 1. The fraction of sp³-hybridized carbons (Fsp3) is 1.00. The Morgan fingerprint density at radius 1 is 1.20 bits per heavy atom. The molecule has 1 heterocycles. The highest BCUT2D eigenvalue weighted by Gasteiger charge is 2.29. The van der Waals surface area contributed by atoms with Gasteiger partial charge in [-0.1, -0.05) is 34.1 Å². The lowest BCUT2D eigenvalue weighted by Gasteiger charge is -2.42. The molecule has 0 aromatic carbocycles. The SMILES string of the molecule is CCCC1CNC(C(C)C)CN1CCS(=O)(=O)CCC. The minimum Gasteiger partial charge on any atom is -0.311 e. The molecule has 1 rings (SSSR count). The fourth-order valence-corrected chi connectivity index (χ4v) is 4.23. The molecule has 1 saturated heterocycles. The smallest absolute Gasteiger partial charge is 0.151 e. The Bertz CT molecular complexity index is 368. The Hall–Kier alpha value is -0.130. The maximum absolute atomic E-state index is 11.9. The van der Waals surface area contributed by atoms with E-state index in [2.05, 4.69) is 31.0 Å². The summed E-state index contributed by atoms with van der Waals surface area (Å²) in [5, 5.41) is 3.61. The van der Waals surface area contributed by atoms with Crippen LogP contribution in [0.25, 0.3) is 0 Å². The molecule has 1 N–H and O–H groups in total. The van der Waals surface area contributed by atoms with Gasteiger partial charge in [0.05, 0.1) is 5.75 Å². The highest BCUT2D eigenvalue weighted by atomic mass is 32.2. The first kappa shape index (κ1) is 17.9. The van der Waals surface area contributed by atoms with Gasteiger partial charge >= 0.3 is 0 Å². The zero-order valence-electron chi connectivity index (χ0n) is 13.6. The highest BCUT2D eigenvalue weighted by Crippen LogP contribution is 2.16. The molecule has 0 spiro atoms.